The van der Waals surface area contributed by atoms with Gasteiger partial charge < -0.3 is 15.5 Å². The molecular weight excluding hydrogens is 233 g/mol. The average molecular weight is 251 g/mol. The second kappa shape index (κ2) is 6.35. The highest BCUT2D eigenvalue weighted by atomic mass is 19.1. The molecule has 1 heterocycles. The molecule has 0 aromatic heterocycles. The van der Waals surface area contributed by atoms with Crippen LogP contribution in [-0.2, 0) is 6.42 Å². The number of nitrogens with zero attached hydrogens (tertiary/aromatic N) is 1. The van der Waals surface area contributed by atoms with Crippen LogP contribution in [0, 0.1) is 5.82 Å². The highest BCUT2D eigenvalue weighted by Gasteiger charge is 2.17. The number of benzene rings is 1. The third kappa shape index (κ3) is 3.70. The van der Waals surface area contributed by atoms with Crippen molar-refractivity contribution in [2.75, 3.05) is 32.7 Å². The van der Waals surface area contributed by atoms with Crippen LogP contribution in [0.1, 0.15) is 5.56 Å². The van der Waals surface area contributed by atoms with Crippen molar-refractivity contribution in [3.8, 4) is 0 Å². The first-order valence-corrected chi connectivity index (χ1v) is 6.23. The van der Waals surface area contributed by atoms with Gasteiger partial charge in [-0.2, -0.15) is 0 Å². The zero-order valence-corrected chi connectivity index (χ0v) is 10.3. The third-order valence-corrected chi connectivity index (χ3v) is 3.01. The number of hydrogen-bond donors (Lipinski definition) is 2. The Balaban J connectivity index is 1.58. The molecule has 0 bridgehead atoms. The van der Waals surface area contributed by atoms with E-state index in [9.17, 15) is 9.18 Å². The van der Waals surface area contributed by atoms with Crippen molar-refractivity contribution in [3.05, 3.63) is 35.6 Å². The number of carbonyl (C=O) groups excluding carboxylic acids is 1. The molecule has 98 valence electrons. The van der Waals surface area contributed by atoms with Crippen LogP contribution in [0.3, 0.4) is 0 Å². The van der Waals surface area contributed by atoms with Gasteiger partial charge in [-0.3, -0.25) is 0 Å². The number of amides is 2. The standard InChI is InChI=1S/C13H18FN3O/c14-12-3-1-11(2-4-12)5-6-15-7-9-17-10-8-16-13(17)18/h1-4,15H,5-10H2,(H,16,18). The van der Waals surface area contributed by atoms with Crippen molar-refractivity contribution < 1.29 is 9.18 Å². The van der Waals surface area contributed by atoms with Crippen molar-refractivity contribution in [2.45, 2.75) is 6.42 Å². The number of rotatable bonds is 6. The predicted molar refractivity (Wildman–Crippen MR) is 67.9 cm³/mol. The average Bonchev–Trinajstić information content (AvgIpc) is 2.77. The minimum Gasteiger partial charge on any atom is -0.336 e. The van der Waals surface area contributed by atoms with Gasteiger partial charge in [0.2, 0.25) is 0 Å². The summed E-state index contributed by atoms with van der Waals surface area (Å²) in [5.41, 5.74) is 1.11. The molecule has 0 spiro atoms. The van der Waals surface area contributed by atoms with Gasteiger partial charge in [-0.25, -0.2) is 9.18 Å². The molecule has 1 saturated heterocycles. The molecule has 0 atom stereocenters. The van der Waals surface area contributed by atoms with Gasteiger partial charge in [-0.05, 0) is 30.7 Å². The molecule has 2 rings (SSSR count). The summed E-state index contributed by atoms with van der Waals surface area (Å²) in [7, 11) is 0. The van der Waals surface area contributed by atoms with E-state index in [0.29, 0.717) is 0 Å². The van der Waals surface area contributed by atoms with E-state index >= 15 is 0 Å². The Morgan fingerprint density at radius 2 is 2.06 bits per heavy atom. The van der Waals surface area contributed by atoms with Crippen LogP contribution in [0.25, 0.3) is 0 Å². The van der Waals surface area contributed by atoms with E-state index in [1.54, 1.807) is 17.0 Å². The molecule has 5 heteroatoms. The second-order valence-electron chi connectivity index (χ2n) is 4.35. The lowest BCUT2D eigenvalue weighted by molar-refractivity contribution is 0.217. The first-order chi connectivity index (χ1) is 8.75. The first kappa shape index (κ1) is 12.8. The SMILES string of the molecule is O=C1NCCN1CCNCCc1ccc(F)cc1. The Morgan fingerprint density at radius 3 is 2.72 bits per heavy atom. The molecule has 2 amide bonds. The van der Waals surface area contributed by atoms with Crippen LogP contribution in [-0.4, -0.2) is 43.7 Å². The van der Waals surface area contributed by atoms with Gasteiger partial charge in [0, 0.05) is 26.2 Å². The van der Waals surface area contributed by atoms with Crippen molar-refractivity contribution in [1.82, 2.24) is 15.5 Å². The largest absolute Gasteiger partial charge is 0.336 e. The molecule has 0 radical (unpaired) electrons. The molecule has 18 heavy (non-hydrogen) atoms. The zero-order chi connectivity index (χ0) is 12.8. The molecule has 4 nitrogen and oxygen atoms in total. The van der Waals surface area contributed by atoms with E-state index in [2.05, 4.69) is 10.6 Å². The van der Waals surface area contributed by atoms with E-state index < -0.39 is 0 Å². The summed E-state index contributed by atoms with van der Waals surface area (Å²) in [6, 6.07) is 6.57. The second-order valence-corrected chi connectivity index (χ2v) is 4.35. The lowest BCUT2D eigenvalue weighted by atomic mass is 10.1. The van der Waals surface area contributed by atoms with Crippen molar-refractivity contribution in [2.24, 2.45) is 0 Å². The maximum Gasteiger partial charge on any atom is 0.317 e. The molecule has 0 aliphatic carbocycles. The molecule has 1 fully saturated rings. The van der Waals surface area contributed by atoms with Crippen molar-refractivity contribution in [3.63, 3.8) is 0 Å². The molecule has 0 unspecified atom stereocenters. The van der Waals surface area contributed by atoms with Gasteiger partial charge in [0.1, 0.15) is 5.82 Å². The Kier molecular flexibility index (Phi) is 4.52. The third-order valence-electron chi connectivity index (χ3n) is 3.01. The Labute approximate surface area is 106 Å². The quantitative estimate of drug-likeness (QED) is 0.740. The summed E-state index contributed by atoms with van der Waals surface area (Å²) >= 11 is 0. The summed E-state index contributed by atoms with van der Waals surface area (Å²) in [6.07, 6.45) is 0.868. The van der Waals surface area contributed by atoms with Gasteiger partial charge in [-0.15, -0.1) is 0 Å². The van der Waals surface area contributed by atoms with Gasteiger partial charge in [0.15, 0.2) is 0 Å². The topological polar surface area (TPSA) is 44.4 Å². The number of urea groups is 1. The van der Waals surface area contributed by atoms with Gasteiger partial charge in [0.05, 0.1) is 0 Å². The zero-order valence-electron chi connectivity index (χ0n) is 10.3. The lowest BCUT2D eigenvalue weighted by Crippen LogP contribution is -2.35. The van der Waals surface area contributed by atoms with E-state index in [-0.39, 0.29) is 11.8 Å². The predicted octanol–water partition coefficient (Wildman–Crippen LogP) is 0.983. The van der Waals surface area contributed by atoms with Gasteiger partial charge in [-0.1, -0.05) is 12.1 Å². The number of carbonyl (C=O) groups is 1. The fourth-order valence-electron chi connectivity index (χ4n) is 1.95. The van der Waals surface area contributed by atoms with Crippen LogP contribution in [0.2, 0.25) is 0 Å². The maximum atomic E-state index is 12.7. The van der Waals surface area contributed by atoms with E-state index in [1.165, 1.54) is 12.1 Å². The highest BCUT2D eigenvalue weighted by Crippen LogP contribution is 2.02. The maximum absolute atomic E-state index is 12.7. The molecule has 1 aromatic carbocycles. The van der Waals surface area contributed by atoms with Crippen molar-refractivity contribution in [1.29, 1.82) is 0 Å². The fourth-order valence-corrected chi connectivity index (χ4v) is 1.95. The van der Waals surface area contributed by atoms with Crippen LogP contribution in [0.4, 0.5) is 9.18 Å². The number of nitrogens with one attached hydrogen (secondary N) is 2. The molecule has 1 aliphatic rings. The normalized spacial score (nSPS) is 14.9. The van der Waals surface area contributed by atoms with Crippen LogP contribution in [0.15, 0.2) is 24.3 Å². The molecule has 1 aliphatic heterocycles. The number of hydrogen-bond acceptors (Lipinski definition) is 2. The Bertz CT molecular complexity index is 394. The van der Waals surface area contributed by atoms with Crippen LogP contribution < -0.4 is 10.6 Å². The fraction of sp³-hybridized carbons (Fsp3) is 0.462. The van der Waals surface area contributed by atoms with E-state index in [4.69, 9.17) is 0 Å². The number of halogens is 1. The minimum atomic E-state index is -0.202. The Hall–Kier alpha value is -1.62. The smallest absolute Gasteiger partial charge is 0.317 e. The summed E-state index contributed by atoms with van der Waals surface area (Å²) in [4.78, 5) is 13.0. The molecule has 1 aromatic rings. The minimum absolute atomic E-state index is 0.0235. The first-order valence-electron chi connectivity index (χ1n) is 6.23. The highest BCUT2D eigenvalue weighted by molar-refractivity contribution is 5.76. The summed E-state index contributed by atoms with van der Waals surface area (Å²) in [5, 5.41) is 6.05. The van der Waals surface area contributed by atoms with Gasteiger partial charge in [0.25, 0.3) is 0 Å². The van der Waals surface area contributed by atoms with Crippen LogP contribution in [0.5, 0.6) is 0 Å². The van der Waals surface area contributed by atoms with E-state index in [1.807, 2.05) is 0 Å². The molecular formula is C13H18FN3O. The molecule has 0 saturated carbocycles. The Morgan fingerprint density at radius 1 is 1.28 bits per heavy atom. The monoisotopic (exact) mass is 251 g/mol. The van der Waals surface area contributed by atoms with E-state index in [0.717, 1.165) is 44.7 Å². The summed E-state index contributed by atoms with van der Waals surface area (Å²) in [5.74, 6) is -0.202. The lowest BCUT2D eigenvalue weighted by Gasteiger charge is -2.14. The van der Waals surface area contributed by atoms with Crippen molar-refractivity contribution >= 4 is 6.03 Å². The summed E-state index contributed by atoms with van der Waals surface area (Å²) in [6.45, 7) is 3.89. The molecule has 2 N–H and O–H groups in total. The van der Waals surface area contributed by atoms with Crippen LogP contribution >= 0.6 is 0 Å². The summed E-state index contributed by atoms with van der Waals surface area (Å²) < 4.78 is 12.7. The van der Waals surface area contributed by atoms with Gasteiger partial charge >= 0.3 is 6.03 Å².